The number of phenolic OH excluding ortho intramolecular Hbond substituents is 3. The average Bonchev–Trinajstić information content (AvgIpc) is 2.58. The van der Waals surface area contributed by atoms with Crippen molar-refractivity contribution >= 4 is 11.9 Å². The van der Waals surface area contributed by atoms with Gasteiger partial charge in [-0.1, -0.05) is 0 Å². The number of ether oxygens (including phenoxy) is 3. The van der Waals surface area contributed by atoms with Crippen molar-refractivity contribution in [1.82, 2.24) is 0 Å². The molecule has 3 N–H and O–H groups in total. The zero-order valence-electron chi connectivity index (χ0n) is 15.4. The van der Waals surface area contributed by atoms with Crippen molar-refractivity contribution in [2.75, 3.05) is 14.2 Å². The van der Waals surface area contributed by atoms with Gasteiger partial charge in [0.1, 0.15) is 23.0 Å². The van der Waals surface area contributed by atoms with Gasteiger partial charge >= 0.3 is 11.9 Å². The normalized spacial score (nSPS) is 9.81. The van der Waals surface area contributed by atoms with Crippen molar-refractivity contribution in [3.63, 3.8) is 0 Å². The van der Waals surface area contributed by atoms with Gasteiger partial charge in [-0.05, 0) is 38.1 Å². The number of esters is 2. The maximum atomic E-state index is 11.2. The largest absolute Gasteiger partial charge is 0.508 e. The Morgan fingerprint density at radius 3 is 1.56 bits per heavy atom. The van der Waals surface area contributed by atoms with E-state index in [0.29, 0.717) is 5.75 Å². The lowest BCUT2D eigenvalue weighted by molar-refractivity contribution is 0.0591. The molecule has 8 nitrogen and oxygen atoms in total. The molecule has 2 aromatic rings. The molecule has 0 spiro atoms. The lowest BCUT2D eigenvalue weighted by Gasteiger charge is -2.10. The predicted molar refractivity (Wildman–Crippen MR) is 96.3 cm³/mol. The van der Waals surface area contributed by atoms with E-state index in [1.165, 1.54) is 44.6 Å². The van der Waals surface area contributed by atoms with Gasteiger partial charge in [-0.25, -0.2) is 9.59 Å². The van der Waals surface area contributed by atoms with Crippen molar-refractivity contribution < 1.29 is 39.1 Å². The second kappa shape index (κ2) is 9.91. The Hall–Kier alpha value is -3.42. The first-order valence-corrected chi connectivity index (χ1v) is 7.86. The molecule has 0 atom stereocenters. The molecule has 8 heteroatoms. The Morgan fingerprint density at radius 2 is 1.15 bits per heavy atom. The Bertz CT molecular complexity index is 778. The van der Waals surface area contributed by atoms with Crippen LogP contribution in [-0.2, 0) is 9.47 Å². The van der Waals surface area contributed by atoms with Gasteiger partial charge in [-0.2, -0.15) is 0 Å². The molecular formula is C19H22O8. The third-order valence-electron chi connectivity index (χ3n) is 3.01. The first-order valence-electron chi connectivity index (χ1n) is 7.86. The second-order valence-corrected chi connectivity index (χ2v) is 5.60. The van der Waals surface area contributed by atoms with E-state index in [1.807, 2.05) is 13.8 Å². The molecule has 2 aromatic carbocycles. The van der Waals surface area contributed by atoms with E-state index >= 15 is 0 Å². The van der Waals surface area contributed by atoms with E-state index < -0.39 is 11.9 Å². The smallest absolute Gasteiger partial charge is 0.338 e. The van der Waals surface area contributed by atoms with Crippen molar-refractivity contribution in [3.8, 4) is 23.0 Å². The van der Waals surface area contributed by atoms with E-state index in [1.54, 1.807) is 0 Å². The zero-order valence-corrected chi connectivity index (χ0v) is 15.4. The molecule has 0 aliphatic rings. The van der Waals surface area contributed by atoms with Crippen molar-refractivity contribution in [3.05, 3.63) is 47.5 Å². The molecule has 0 bridgehead atoms. The average molecular weight is 378 g/mol. The molecule has 0 aromatic heterocycles. The van der Waals surface area contributed by atoms with E-state index in [9.17, 15) is 14.7 Å². The molecule has 0 unspecified atom stereocenters. The first kappa shape index (κ1) is 21.6. The molecule has 2 rings (SSSR count). The summed E-state index contributed by atoms with van der Waals surface area (Å²) in [5.41, 5.74) is 0.392. The maximum absolute atomic E-state index is 11.2. The fraction of sp³-hybridized carbons (Fsp3) is 0.263. The van der Waals surface area contributed by atoms with Gasteiger partial charge in [0.2, 0.25) is 0 Å². The maximum Gasteiger partial charge on any atom is 0.338 e. The topological polar surface area (TPSA) is 123 Å². The number of methoxy groups -OCH3 is 2. The highest BCUT2D eigenvalue weighted by molar-refractivity contribution is 5.90. The third kappa shape index (κ3) is 7.15. The van der Waals surface area contributed by atoms with Crippen LogP contribution in [0.4, 0.5) is 0 Å². The number of rotatable bonds is 4. The van der Waals surface area contributed by atoms with Gasteiger partial charge in [0.05, 0.1) is 31.5 Å². The number of carbonyl (C=O) groups excluding carboxylic acids is 2. The van der Waals surface area contributed by atoms with Gasteiger partial charge < -0.3 is 29.5 Å². The van der Waals surface area contributed by atoms with Gasteiger partial charge in [-0.3, -0.25) is 0 Å². The van der Waals surface area contributed by atoms with Crippen LogP contribution in [0.15, 0.2) is 36.4 Å². The van der Waals surface area contributed by atoms with Crippen LogP contribution in [0.5, 0.6) is 23.0 Å². The summed E-state index contributed by atoms with van der Waals surface area (Å²) in [5.74, 6) is -1.01. The summed E-state index contributed by atoms with van der Waals surface area (Å²) in [4.78, 5) is 22.1. The quantitative estimate of drug-likeness (QED) is 0.694. The number of aromatic hydroxyl groups is 3. The van der Waals surface area contributed by atoms with Gasteiger partial charge in [0.25, 0.3) is 0 Å². The van der Waals surface area contributed by atoms with Crippen LogP contribution in [0.2, 0.25) is 0 Å². The molecular weight excluding hydrogens is 356 g/mol. The highest BCUT2D eigenvalue weighted by atomic mass is 16.5. The van der Waals surface area contributed by atoms with Crippen molar-refractivity contribution in [1.29, 1.82) is 0 Å². The van der Waals surface area contributed by atoms with E-state index in [2.05, 4.69) is 9.47 Å². The van der Waals surface area contributed by atoms with Gasteiger partial charge in [0.15, 0.2) is 0 Å². The summed E-state index contributed by atoms with van der Waals surface area (Å²) >= 11 is 0. The second-order valence-electron chi connectivity index (χ2n) is 5.60. The molecule has 0 saturated carbocycles. The Kier molecular flexibility index (Phi) is 7.93. The predicted octanol–water partition coefficient (Wildman–Crippen LogP) is 2.85. The minimum Gasteiger partial charge on any atom is -0.508 e. The van der Waals surface area contributed by atoms with E-state index in [4.69, 9.17) is 14.9 Å². The van der Waals surface area contributed by atoms with E-state index in [-0.39, 0.29) is 34.5 Å². The van der Waals surface area contributed by atoms with Gasteiger partial charge in [-0.15, -0.1) is 0 Å². The fourth-order valence-corrected chi connectivity index (χ4v) is 1.99. The number of hydrogen-bond acceptors (Lipinski definition) is 8. The summed E-state index contributed by atoms with van der Waals surface area (Å²) < 4.78 is 14.3. The van der Waals surface area contributed by atoms with Crippen LogP contribution in [-0.4, -0.2) is 47.6 Å². The molecule has 0 aliphatic heterocycles. The van der Waals surface area contributed by atoms with Crippen molar-refractivity contribution in [2.24, 2.45) is 0 Å². The summed E-state index contributed by atoms with van der Waals surface area (Å²) in [6, 6.07) is 7.88. The van der Waals surface area contributed by atoms with Crippen LogP contribution < -0.4 is 4.74 Å². The molecule has 146 valence electrons. The monoisotopic (exact) mass is 378 g/mol. The summed E-state index contributed by atoms with van der Waals surface area (Å²) in [6.45, 7) is 3.73. The molecule has 0 radical (unpaired) electrons. The zero-order chi connectivity index (χ0) is 20.6. The fourth-order valence-electron chi connectivity index (χ4n) is 1.99. The third-order valence-corrected chi connectivity index (χ3v) is 3.01. The highest BCUT2D eigenvalue weighted by Crippen LogP contribution is 2.23. The van der Waals surface area contributed by atoms with Gasteiger partial charge in [0, 0.05) is 12.1 Å². The lowest BCUT2D eigenvalue weighted by Crippen LogP contribution is -2.07. The molecule has 27 heavy (non-hydrogen) atoms. The molecule has 0 heterocycles. The van der Waals surface area contributed by atoms with Crippen LogP contribution in [0.25, 0.3) is 0 Å². The summed E-state index contributed by atoms with van der Waals surface area (Å²) in [5, 5.41) is 27.3. The molecule has 0 aliphatic carbocycles. The Balaban J connectivity index is 0.000000277. The number of benzene rings is 2. The number of hydrogen-bond donors (Lipinski definition) is 3. The van der Waals surface area contributed by atoms with Crippen LogP contribution in [0.3, 0.4) is 0 Å². The standard InChI is InChI=1S/C11H14O4.C8H8O4/c1-7(2)15-10-5-8(11(13)14-3)4-9(12)6-10;1-12-8(11)5-2-6(9)4-7(10)3-5/h4-7,12H,1-3H3;2-4,9-10H,1H3. The number of phenols is 3. The van der Waals surface area contributed by atoms with Crippen LogP contribution in [0.1, 0.15) is 34.6 Å². The minimum absolute atomic E-state index is 0.0164. The highest BCUT2D eigenvalue weighted by Gasteiger charge is 2.10. The number of carbonyl (C=O) groups is 2. The van der Waals surface area contributed by atoms with Crippen LogP contribution in [0, 0.1) is 0 Å². The van der Waals surface area contributed by atoms with E-state index in [0.717, 1.165) is 6.07 Å². The molecule has 0 amide bonds. The minimum atomic E-state index is -0.596. The molecule has 0 fully saturated rings. The van der Waals surface area contributed by atoms with Crippen molar-refractivity contribution in [2.45, 2.75) is 20.0 Å². The van der Waals surface area contributed by atoms with Crippen LogP contribution >= 0.6 is 0 Å². The summed E-state index contributed by atoms with van der Waals surface area (Å²) in [7, 11) is 2.51. The summed E-state index contributed by atoms with van der Waals surface area (Å²) in [6.07, 6.45) is -0.0164. The first-order chi connectivity index (χ1) is 12.7. The SMILES string of the molecule is COC(=O)c1cc(O)cc(O)c1.COC(=O)c1cc(O)cc(OC(C)C)c1. The Morgan fingerprint density at radius 1 is 0.741 bits per heavy atom. The Labute approximate surface area is 156 Å². The molecule has 0 saturated heterocycles. The lowest BCUT2D eigenvalue weighted by atomic mass is 10.2.